The van der Waals surface area contributed by atoms with Crippen molar-refractivity contribution in [3.05, 3.63) is 29.8 Å². The van der Waals surface area contributed by atoms with Gasteiger partial charge in [0.15, 0.2) is 0 Å². The van der Waals surface area contributed by atoms with Crippen molar-refractivity contribution in [1.29, 1.82) is 0 Å². The second-order valence-electron chi connectivity index (χ2n) is 4.85. The Morgan fingerprint density at radius 2 is 1.84 bits per heavy atom. The zero-order chi connectivity index (χ0) is 14.2. The summed E-state index contributed by atoms with van der Waals surface area (Å²) >= 11 is 0. The van der Waals surface area contributed by atoms with E-state index in [9.17, 15) is 17.2 Å². The number of hydrogen-bond donors (Lipinski definition) is 1. The maximum Gasteiger partial charge on any atom is 0.243 e. The Morgan fingerprint density at radius 1 is 1.26 bits per heavy atom. The van der Waals surface area contributed by atoms with Crippen LogP contribution in [0.15, 0.2) is 23.1 Å². The van der Waals surface area contributed by atoms with Gasteiger partial charge in [-0.25, -0.2) is 17.2 Å². The Morgan fingerprint density at radius 3 is 2.37 bits per heavy atom. The third-order valence-corrected chi connectivity index (χ3v) is 5.29. The molecule has 0 aromatic heterocycles. The number of rotatable bonds is 2. The van der Waals surface area contributed by atoms with Crippen LogP contribution >= 0.6 is 0 Å². The van der Waals surface area contributed by atoms with Crippen LogP contribution in [-0.2, 0) is 10.0 Å². The van der Waals surface area contributed by atoms with Gasteiger partial charge >= 0.3 is 0 Å². The lowest BCUT2D eigenvalue weighted by atomic mass is 10.0. The molecule has 0 radical (unpaired) electrons. The predicted octanol–water partition coefficient (Wildman–Crippen LogP) is 1.47. The number of hydrogen-bond acceptors (Lipinski definition) is 3. The Balaban J connectivity index is 2.36. The van der Waals surface area contributed by atoms with Gasteiger partial charge in [0.2, 0.25) is 10.0 Å². The van der Waals surface area contributed by atoms with E-state index in [1.165, 1.54) is 4.31 Å². The van der Waals surface area contributed by atoms with Gasteiger partial charge in [-0.05, 0) is 31.9 Å². The number of halogens is 2. The molecule has 0 aliphatic carbocycles. The summed E-state index contributed by atoms with van der Waals surface area (Å²) < 4.78 is 52.3. The molecule has 2 atom stereocenters. The van der Waals surface area contributed by atoms with Gasteiger partial charge < -0.3 is 5.73 Å². The maximum absolute atomic E-state index is 13.1. The molecule has 1 aliphatic rings. The molecular formula is C12H16F2N2O2S. The van der Waals surface area contributed by atoms with Gasteiger partial charge in [-0.2, -0.15) is 4.31 Å². The summed E-state index contributed by atoms with van der Waals surface area (Å²) in [6.07, 6.45) is 1.08. The van der Waals surface area contributed by atoms with Gasteiger partial charge in [0.1, 0.15) is 11.6 Å². The lowest BCUT2D eigenvalue weighted by Crippen LogP contribution is -2.48. The number of nitrogens with two attached hydrogens (primary N) is 1. The third-order valence-electron chi connectivity index (χ3n) is 3.30. The first-order chi connectivity index (χ1) is 8.80. The fourth-order valence-corrected chi connectivity index (χ4v) is 4.06. The van der Waals surface area contributed by atoms with E-state index in [1.807, 2.05) is 0 Å². The Kier molecular flexibility index (Phi) is 3.89. The summed E-state index contributed by atoms with van der Waals surface area (Å²) in [4.78, 5) is -0.354. The molecule has 0 amide bonds. The van der Waals surface area contributed by atoms with Gasteiger partial charge in [0, 0.05) is 24.7 Å². The molecule has 7 heteroatoms. The number of sulfonamides is 1. The Labute approximate surface area is 111 Å². The van der Waals surface area contributed by atoms with Crippen molar-refractivity contribution in [2.24, 2.45) is 5.73 Å². The molecule has 1 saturated heterocycles. The first-order valence-corrected chi connectivity index (χ1v) is 7.48. The van der Waals surface area contributed by atoms with Crippen LogP contribution in [0.5, 0.6) is 0 Å². The minimum atomic E-state index is -3.88. The molecule has 19 heavy (non-hydrogen) atoms. The molecule has 1 aromatic rings. The standard InChI is InChI=1S/C12H16F2N2O2S/c1-8-4-11(15)2-3-16(8)19(17,18)12-6-9(13)5-10(14)7-12/h5-8,11H,2-4,15H2,1H3. The van der Waals surface area contributed by atoms with Crippen molar-refractivity contribution in [3.8, 4) is 0 Å². The molecular weight excluding hydrogens is 274 g/mol. The average Bonchev–Trinajstić information content (AvgIpc) is 2.26. The Hall–Kier alpha value is -1.05. The van der Waals surface area contributed by atoms with Crippen LogP contribution in [0.3, 0.4) is 0 Å². The van der Waals surface area contributed by atoms with E-state index in [0.717, 1.165) is 12.1 Å². The van der Waals surface area contributed by atoms with Crippen LogP contribution in [0.4, 0.5) is 8.78 Å². The van der Waals surface area contributed by atoms with Crippen LogP contribution in [0, 0.1) is 11.6 Å². The number of piperidine rings is 1. The smallest absolute Gasteiger partial charge is 0.243 e. The molecule has 1 aromatic carbocycles. The Bertz CT molecular complexity index is 557. The van der Waals surface area contributed by atoms with Gasteiger partial charge in [-0.3, -0.25) is 0 Å². The molecule has 1 heterocycles. The minimum Gasteiger partial charge on any atom is -0.328 e. The van der Waals surface area contributed by atoms with Crippen LogP contribution < -0.4 is 5.73 Å². The predicted molar refractivity (Wildman–Crippen MR) is 66.9 cm³/mol. The molecule has 1 fully saturated rings. The van der Waals surface area contributed by atoms with Crippen molar-refractivity contribution in [3.63, 3.8) is 0 Å². The zero-order valence-electron chi connectivity index (χ0n) is 10.5. The van der Waals surface area contributed by atoms with Crippen molar-refractivity contribution >= 4 is 10.0 Å². The highest BCUT2D eigenvalue weighted by atomic mass is 32.2. The van der Waals surface area contributed by atoms with E-state index >= 15 is 0 Å². The van der Waals surface area contributed by atoms with Gasteiger partial charge in [0.05, 0.1) is 4.90 Å². The summed E-state index contributed by atoms with van der Waals surface area (Å²) in [5, 5.41) is 0. The summed E-state index contributed by atoms with van der Waals surface area (Å²) in [5.74, 6) is -1.81. The fourth-order valence-electron chi connectivity index (χ4n) is 2.36. The summed E-state index contributed by atoms with van der Waals surface area (Å²) in [6.45, 7) is 2.01. The topological polar surface area (TPSA) is 63.4 Å². The summed E-state index contributed by atoms with van der Waals surface area (Å²) in [7, 11) is -3.88. The molecule has 0 bridgehead atoms. The zero-order valence-corrected chi connectivity index (χ0v) is 11.3. The summed E-state index contributed by atoms with van der Waals surface area (Å²) in [5.41, 5.74) is 5.78. The molecule has 0 spiro atoms. The van der Waals surface area contributed by atoms with E-state index < -0.39 is 21.7 Å². The van der Waals surface area contributed by atoms with Crippen LogP contribution in [0.2, 0.25) is 0 Å². The van der Waals surface area contributed by atoms with E-state index in [1.54, 1.807) is 6.92 Å². The fraction of sp³-hybridized carbons (Fsp3) is 0.500. The second kappa shape index (κ2) is 5.15. The molecule has 106 valence electrons. The average molecular weight is 290 g/mol. The highest BCUT2D eigenvalue weighted by Gasteiger charge is 2.33. The third kappa shape index (κ3) is 2.93. The van der Waals surface area contributed by atoms with Crippen LogP contribution in [0.1, 0.15) is 19.8 Å². The highest BCUT2D eigenvalue weighted by molar-refractivity contribution is 7.89. The molecule has 1 aliphatic heterocycles. The van der Waals surface area contributed by atoms with E-state index in [4.69, 9.17) is 5.73 Å². The first-order valence-electron chi connectivity index (χ1n) is 6.04. The molecule has 2 rings (SSSR count). The highest BCUT2D eigenvalue weighted by Crippen LogP contribution is 2.25. The summed E-state index contributed by atoms with van der Waals surface area (Å²) in [6, 6.07) is 2.00. The van der Waals surface area contributed by atoms with E-state index in [2.05, 4.69) is 0 Å². The molecule has 0 saturated carbocycles. The van der Waals surface area contributed by atoms with Gasteiger partial charge in [-0.15, -0.1) is 0 Å². The number of nitrogens with zero attached hydrogens (tertiary/aromatic N) is 1. The number of benzene rings is 1. The molecule has 2 N–H and O–H groups in total. The van der Waals surface area contributed by atoms with Crippen molar-refractivity contribution < 1.29 is 17.2 Å². The largest absolute Gasteiger partial charge is 0.328 e. The maximum atomic E-state index is 13.1. The van der Waals surface area contributed by atoms with E-state index in [-0.39, 0.29) is 23.5 Å². The van der Waals surface area contributed by atoms with Crippen molar-refractivity contribution in [1.82, 2.24) is 4.31 Å². The molecule has 2 unspecified atom stereocenters. The quantitative estimate of drug-likeness (QED) is 0.897. The van der Waals surface area contributed by atoms with Gasteiger partial charge in [-0.1, -0.05) is 0 Å². The van der Waals surface area contributed by atoms with Crippen LogP contribution in [0.25, 0.3) is 0 Å². The van der Waals surface area contributed by atoms with Gasteiger partial charge in [0.25, 0.3) is 0 Å². The second-order valence-corrected chi connectivity index (χ2v) is 6.74. The van der Waals surface area contributed by atoms with Crippen molar-refractivity contribution in [2.75, 3.05) is 6.54 Å². The monoisotopic (exact) mass is 290 g/mol. The first kappa shape index (κ1) is 14.4. The van der Waals surface area contributed by atoms with Crippen LogP contribution in [-0.4, -0.2) is 31.4 Å². The normalized spacial score (nSPS) is 25.5. The molecule has 4 nitrogen and oxygen atoms in total. The van der Waals surface area contributed by atoms with E-state index in [0.29, 0.717) is 18.9 Å². The lowest BCUT2D eigenvalue weighted by molar-refractivity contribution is 0.247. The minimum absolute atomic E-state index is 0.0364. The SMILES string of the molecule is CC1CC(N)CCN1S(=O)(=O)c1cc(F)cc(F)c1. The lowest BCUT2D eigenvalue weighted by Gasteiger charge is -2.35. The van der Waals surface area contributed by atoms with Crippen molar-refractivity contribution in [2.45, 2.75) is 36.7 Å².